The lowest BCUT2D eigenvalue weighted by molar-refractivity contribution is -0.151. The SMILES string of the molecule is COC(=O)C1CCCN1C(=O)CCn1nccc1C(=O)O. The quantitative estimate of drug-likeness (QED) is 0.775. The Morgan fingerprint density at radius 2 is 2.24 bits per heavy atom. The molecule has 0 spiro atoms. The van der Waals surface area contributed by atoms with Gasteiger partial charge in [0.1, 0.15) is 11.7 Å². The summed E-state index contributed by atoms with van der Waals surface area (Å²) >= 11 is 0. The van der Waals surface area contributed by atoms with Crippen molar-refractivity contribution in [1.29, 1.82) is 0 Å². The molecule has 1 N–H and O–H groups in total. The first-order valence-electron chi connectivity index (χ1n) is 6.67. The van der Waals surface area contributed by atoms with E-state index < -0.39 is 18.0 Å². The summed E-state index contributed by atoms with van der Waals surface area (Å²) in [6.07, 6.45) is 2.82. The number of carbonyl (C=O) groups is 3. The number of methoxy groups -OCH3 is 1. The van der Waals surface area contributed by atoms with Crippen molar-refractivity contribution in [2.75, 3.05) is 13.7 Å². The van der Waals surface area contributed by atoms with E-state index in [1.165, 1.54) is 29.0 Å². The van der Waals surface area contributed by atoms with Crippen LogP contribution >= 0.6 is 0 Å². The van der Waals surface area contributed by atoms with E-state index in [4.69, 9.17) is 5.11 Å². The van der Waals surface area contributed by atoms with Gasteiger partial charge in [0.05, 0.1) is 13.7 Å². The van der Waals surface area contributed by atoms with E-state index in [-0.39, 0.29) is 24.6 Å². The molecule has 2 rings (SSSR count). The first kappa shape index (κ1) is 15.0. The fourth-order valence-electron chi connectivity index (χ4n) is 2.48. The molecule has 1 aliphatic heterocycles. The van der Waals surface area contributed by atoms with Gasteiger partial charge in [0.2, 0.25) is 5.91 Å². The molecule has 1 amide bonds. The average molecular weight is 295 g/mol. The van der Waals surface area contributed by atoms with Crippen molar-refractivity contribution < 1.29 is 24.2 Å². The van der Waals surface area contributed by atoms with Gasteiger partial charge in [0, 0.05) is 19.2 Å². The summed E-state index contributed by atoms with van der Waals surface area (Å²) in [5.41, 5.74) is 0.0359. The Kier molecular flexibility index (Phi) is 4.56. The topological polar surface area (TPSA) is 102 Å². The Bertz CT molecular complexity index is 554. The van der Waals surface area contributed by atoms with E-state index in [0.29, 0.717) is 13.0 Å². The first-order chi connectivity index (χ1) is 10.0. The molecule has 1 saturated heterocycles. The van der Waals surface area contributed by atoms with Gasteiger partial charge in [0.25, 0.3) is 0 Å². The number of carbonyl (C=O) groups excluding carboxylic acids is 2. The Balaban J connectivity index is 1.97. The van der Waals surface area contributed by atoms with Crippen LogP contribution in [0.3, 0.4) is 0 Å². The number of aromatic nitrogens is 2. The molecular weight excluding hydrogens is 278 g/mol. The number of likely N-dealkylation sites (tertiary alicyclic amines) is 1. The smallest absolute Gasteiger partial charge is 0.354 e. The number of hydrogen-bond acceptors (Lipinski definition) is 5. The van der Waals surface area contributed by atoms with Gasteiger partial charge in [0.15, 0.2) is 0 Å². The fourth-order valence-corrected chi connectivity index (χ4v) is 2.48. The van der Waals surface area contributed by atoms with Crippen molar-refractivity contribution in [3.05, 3.63) is 18.0 Å². The molecule has 0 aromatic carbocycles. The molecule has 114 valence electrons. The van der Waals surface area contributed by atoms with Crippen molar-refractivity contribution in [3.63, 3.8) is 0 Å². The normalized spacial score (nSPS) is 17.8. The van der Waals surface area contributed by atoms with Crippen molar-refractivity contribution in [2.45, 2.75) is 31.8 Å². The molecule has 1 unspecified atom stereocenters. The Labute approximate surface area is 121 Å². The summed E-state index contributed by atoms with van der Waals surface area (Å²) in [6, 6.07) is 0.846. The van der Waals surface area contributed by atoms with Crippen LogP contribution in [-0.2, 0) is 20.9 Å². The number of aryl methyl sites for hydroxylation is 1. The second-order valence-corrected chi connectivity index (χ2v) is 4.76. The highest BCUT2D eigenvalue weighted by Gasteiger charge is 2.34. The van der Waals surface area contributed by atoms with Gasteiger partial charge in [-0.25, -0.2) is 9.59 Å². The minimum Gasteiger partial charge on any atom is -0.477 e. The zero-order valence-corrected chi connectivity index (χ0v) is 11.7. The summed E-state index contributed by atoms with van der Waals surface area (Å²) in [5.74, 6) is -1.70. The fraction of sp³-hybridized carbons (Fsp3) is 0.538. The summed E-state index contributed by atoms with van der Waals surface area (Å²) < 4.78 is 5.95. The molecule has 0 saturated carbocycles. The van der Waals surface area contributed by atoms with Gasteiger partial charge in [-0.15, -0.1) is 0 Å². The van der Waals surface area contributed by atoms with Crippen LogP contribution in [0.5, 0.6) is 0 Å². The molecule has 1 aromatic rings. The minimum atomic E-state index is -1.09. The standard InChI is InChI=1S/C13H17N3O5/c1-21-13(20)10-3-2-7-15(10)11(17)5-8-16-9(12(18)19)4-6-14-16/h4,6,10H,2-3,5,7-8H2,1H3,(H,18,19). The van der Waals surface area contributed by atoms with Crippen LogP contribution in [0.2, 0.25) is 0 Å². The maximum Gasteiger partial charge on any atom is 0.354 e. The number of rotatable bonds is 5. The molecule has 2 heterocycles. The van der Waals surface area contributed by atoms with Crippen LogP contribution in [-0.4, -0.2) is 57.3 Å². The lowest BCUT2D eigenvalue weighted by atomic mass is 10.2. The predicted octanol–water partition coefficient (Wildman–Crippen LogP) is 0.135. The van der Waals surface area contributed by atoms with Crippen LogP contribution in [0, 0.1) is 0 Å². The monoisotopic (exact) mass is 295 g/mol. The number of carboxylic acid groups (broad SMARTS) is 1. The summed E-state index contributed by atoms with van der Waals surface area (Å²) in [4.78, 5) is 36.2. The summed E-state index contributed by atoms with van der Waals surface area (Å²) in [5, 5.41) is 12.8. The van der Waals surface area contributed by atoms with E-state index in [1.54, 1.807) is 0 Å². The van der Waals surface area contributed by atoms with Gasteiger partial charge >= 0.3 is 11.9 Å². The van der Waals surface area contributed by atoms with E-state index in [9.17, 15) is 14.4 Å². The molecule has 21 heavy (non-hydrogen) atoms. The highest BCUT2D eigenvalue weighted by Crippen LogP contribution is 2.19. The molecule has 8 heteroatoms. The number of aromatic carboxylic acids is 1. The van der Waals surface area contributed by atoms with Crippen LogP contribution in [0.4, 0.5) is 0 Å². The Morgan fingerprint density at radius 1 is 1.48 bits per heavy atom. The first-order valence-corrected chi connectivity index (χ1v) is 6.67. The van der Waals surface area contributed by atoms with Gasteiger partial charge < -0.3 is 14.7 Å². The molecule has 1 aliphatic rings. The third-order valence-electron chi connectivity index (χ3n) is 3.52. The molecular formula is C13H17N3O5. The number of esters is 1. The predicted molar refractivity (Wildman–Crippen MR) is 70.6 cm³/mol. The molecule has 1 atom stereocenters. The lowest BCUT2D eigenvalue weighted by Crippen LogP contribution is -2.41. The van der Waals surface area contributed by atoms with Crippen molar-refractivity contribution in [3.8, 4) is 0 Å². The Morgan fingerprint density at radius 3 is 2.90 bits per heavy atom. The van der Waals surface area contributed by atoms with E-state index >= 15 is 0 Å². The van der Waals surface area contributed by atoms with Gasteiger partial charge in [-0.1, -0.05) is 0 Å². The van der Waals surface area contributed by atoms with Crippen LogP contribution in [0.25, 0.3) is 0 Å². The van der Waals surface area contributed by atoms with Crippen molar-refractivity contribution in [1.82, 2.24) is 14.7 Å². The van der Waals surface area contributed by atoms with Crippen LogP contribution < -0.4 is 0 Å². The van der Waals surface area contributed by atoms with E-state index in [1.807, 2.05) is 0 Å². The maximum absolute atomic E-state index is 12.2. The van der Waals surface area contributed by atoms with E-state index in [0.717, 1.165) is 6.42 Å². The highest BCUT2D eigenvalue weighted by molar-refractivity contribution is 5.86. The minimum absolute atomic E-state index is 0.0359. The highest BCUT2D eigenvalue weighted by atomic mass is 16.5. The summed E-state index contributed by atoms with van der Waals surface area (Å²) in [6.45, 7) is 0.682. The van der Waals surface area contributed by atoms with Gasteiger partial charge in [-0.3, -0.25) is 9.48 Å². The maximum atomic E-state index is 12.2. The molecule has 0 radical (unpaired) electrons. The number of carboxylic acids is 1. The van der Waals surface area contributed by atoms with Crippen LogP contribution in [0.15, 0.2) is 12.3 Å². The zero-order chi connectivity index (χ0) is 15.4. The molecule has 1 aromatic heterocycles. The second kappa shape index (κ2) is 6.38. The van der Waals surface area contributed by atoms with E-state index in [2.05, 4.69) is 9.84 Å². The summed E-state index contributed by atoms with van der Waals surface area (Å²) in [7, 11) is 1.30. The zero-order valence-electron chi connectivity index (χ0n) is 11.7. The number of hydrogen-bond donors (Lipinski definition) is 1. The van der Waals surface area contributed by atoms with Gasteiger partial charge in [-0.05, 0) is 18.9 Å². The van der Waals surface area contributed by atoms with Crippen LogP contribution in [0.1, 0.15) is 29.8 Å². The average Bonchev–Trinajstić information content (AvgIpc) is 3.12. The molecule has 1 fully saturated rings. The van der Waals surface area contributed by atoms with Gasteiger partial charge in [-0.2, -0.15) is 5.10 Å². The molecule has 0 bridgehead atoms. The lowest BCUT2D eigenvalue weighted by Gasteiger charge is -2.22. The van der Waals surface area contributed by atoms with Crippen molar-refractivity contribution in [2.24, 2.45) is 0 Å². The third kappa shape index (κ3) is 3.21. The number of ether oxygens (including phenoxy) is 1. The Hall–Kier alpha value is -2.38. The number of nitrogens with zero attached hydrogens (tertiary/aromatic N) is 3. The molecule has 8 nitrogen and oxygen atoms in total. The second-order valence-electron chi connectivity index (χ2n) is 4.76. The van der Waals surface area contributed by atoms with Crippen molar-refractivity contribution >= 4 is 17.8 Å². The third-order valence-corrected chi connectivity index (χ3v) is 3.52. The molecule has 0 aliphatic carbocycles. The number of amides is 1. The largest absolute Gasteiger partial charge is 0.477 e.